The molecule has 0 aromatic heterocycles. The Labute approximate surface area is 139 Å². The predicted molar refractivity (Wildman–Crippen MR) is 89.2 cm³/mol. The van der Waals surface area contributed by atoms with Crippen molar-refractivity contribution in [2.24, 2.45) is 5.92 Å². The first-order chi connectivity index (χ1) is 11.1. The second kappa shape index (κ2) is 9.11. The largest absolute Gasteiger partial charge is 0.372 e. The molecular formula is C17H31N3O3. The first kappa shape index (κ1) is 18.0. The number of hydrogen-bond donors (Lipinski definition) is 2. The van der Waals surface area contributed by atoms with Gasteiger partial charge in [-0.25, -0.2) is 4.79 Å². The second-order valence-corrected chi connectivity index (χ2v) is 6.82. The normalized spacial score (nSPS) is 25.4. The molecule has 2 aliphatic rings. The van der Waals surface area contributed by atoms with Crippen molar-refractivity contribution >= 4 is 11.9 Å². The highest BCUT2D eigenvalue weighted by atomic mass is 16.5. The molecule has 0 bridgehead atoms. The summed E-state index contributed by atoms with van der Waals surface area (Å²) in [5.41, 5.74) is 0. The van der Waals surface area contributed by atoms with Gasteiger partial charge in [0.15, 0.2) is 0 Å². The molecule has 132 valence electrons. The van der Waals surface area contributed by atoms with Gasteiger partial charge in [0.1, 0.15) is 0 Å². The van der Waals surface area contributed by atoms with Crippen LogP contribution in [0.1, 0.15) is 52.4 Å². The van der Waals surface area contributed by atoms with Crippen LogP contribution in [0.4, 0.5) is 4.79 Å². The first-order valence-corrected chi connectivity index (χ1v) is 9.03. The number of rotatable bonds is 6. The van der Waals surface area contributed by atoms with Crippen LogP contribution in [0.5, 0.6) is 0 Å². The van der Waals surface area contributed by atoms with Crippen molar-refractivity contribution in [1.82, 2.24) is 15.5 Å². The highest BCUT2D eigenvalue weighted by molar-refractivity contribution is 5.76. The quantitative estimate of drug-likeness (QED) is 0.733. The van der Waals surface area contributed by atoms with Crippen molar-refractivity contribution in [3.8, 4) is 0 Å². The number of amides is 3. The van der Waals surface area contributed by atoms with Gasteiger partial charge in [-0.2, -0.15) is 0 Å². The number of hydrogen-bond acceptors (Lipinski definition) is 3. The highest BCUT2D eigenvalue weighted by Crippen LogP contribution is 2.27. The number of morpholine rings is 1. The maximum absolute atomic E-state index is 12.2. The molecule has 2 atom stereocenters. The molecule has 6 heteroatoms. The Balaban J connectivity index is 1.59. The monoisotopic (exact) mass is 325 g/mol. The van der Waals surface area contributed by atoms with E-state index in [1.807, 2.05) is 11.8 Å². The summed E-state index contributed by atoms with van der Waals surface area (Å²) in [6, 6.07) is -0.0661. The number of urea groups is 1. The van der Waals surface area contributed by atoms with E-state index in [0.29, 0.717) is 38.5 Å². The molecule has 2 rings (SSSR count). The van der Waals surface area contributed by atoms with Crippen molar-refractivity contribution in [2.45, 2.75) is 64.6 Å². The van der Waals surface area contributed by atoms with Crippen LogP contribution in [0, 0.1) is 5.92 Å². The number of carbonyl (C=O) groups is 2. The third kappa shape index (κ3) is 6.01. The van der Waals surface area contributed by atoms with Crippen molar-refractivity contribution in [3.05, 3.63) is 0 Å². The molecule has 0 unspecified atom stereocenters. The molecule has 0 spiro atoms. The summed E-state index contributed by atoms with van der Waals surface area (Å²) in [6.45, 7) is 6.28. The van der Waals surface area contributed by atoms with E-state index in [1.54, 1.807) is 0 Å². The van der Waals surface area contributed by atoms with E-state index in [2.05, 4.69) is 17.6 Å². The van der Waals surface area contributed by atoms with Crippen LogP contribution >= 0.6 is 0 Å². The lowest BCUT2D eigenvalue weighted by molar-refractivity contribution is -0.121. The zero-order chi connectivity index (χ0) is 16.7. The van der Waals surface area contributed by atoms with Crippen molar-refractivity contribution in [1.29, 1.82) is 0 Å². The Hall–Kier alpha value is -1.30. The van der Waals surface area contributed by atoms with Crippen LogP contribution in [0.2, 0.25) is 0 Å². The molecule has 3 amide bonds. The van der Waals surface area contributed by atoms with Gasteiger partial charge in [0.05, 0.1) is 12.2 Å². The summed E-state index contributed by atoms with van der Waals surface area (Å²) in [7, 11) is 0. The standard InChI is InChI=1S/C17H31N3O3/c1-3-15-12-20(11-13(2)23-15)17(22)19-9-8-18-16(21)10-14-6-4-5-7-14/h13-15H,3-12H2,1-2H3,(H,18,21)(H,19,22)/t13-,15-/m1/s1. The van der Waals surface area contributed by atoms with Crippen LogP contribution in [-0.4, -0.2) is 55.2 Å². The minimum absolute atomic E-state index is 0.0661. The smallest absolute Gasteiger partial charge is 0.317 e. The van der Waals surface area contributed by atoms with Crippen molar-refractivity contribution in [3.63, 3.8) is 0 Å². The van der Waals surface area contributed by atoms with Crippen LogP contribution < -0.4 is 10.6 Å². The molecule has 2 N–H and O–H groups in total. The Kier molecular flexibility index (Phi) is 7.15. The number of nitrogens with one attached hydrogen (secondary N) is 2. The van der Waals surface area contributed by atoms with E-state index in [9.17, 15) is 9.59 Å². The molecule has 1 aliphatic carbocycles. The van der Waals surface area contributed by atoms with E-state index in [0.717, 1.165) is 6.42 Å². The fourth-order valence-corrected chi connectivity index (χ4v) is 3.47. The van der Waals surface area contributed by atoms with Gasteiger partial charge >= 0.3 is 6.03 Å². The molecule has 2 fully saturated rings. The summed E-state index contributed by atoms with van der Waals surface area (Å²) in [5, 5.41) is 5.78. The summed E-state index contributed by atoms with van der Waals surface area (Å²) in [4.78, 5) is 25.8. The fraction of sp³-hybridized carbons (Fsp3) is 0.882. The Bertz CT molecular complexity index is 397. The Morgan fingerprint density at radius 2 is 1.83 bits per heavy atom. The molecule has 1 saturated heterocycles. The second-order valence-electron chi connectivity index (χ2n) is 6.82. The lowest BCUT2D eigenvalue weighted by Gasteiger charge is -2.36. The molecule has 0 aromatic carbocycles. The minimum atomic E-state index is -0.0661. The van der Waals surface area contributed by atoms with E-state index in [1.165, 1.54) is 25.7 Å². The molecule has 0 radical (unpaired) electrons. The third-order valence-electron chi connectivity index (χ3n) is 4.74. The van der Waals surface area contributed by atoms with Crippen LogP contribution in [-0.2, 0) is 9.53 Å². The van der Waals surface area contributed by atoms with Crippen LogP contribution in [0.15, 0.2) is 0 Å². The van der Waals surface area contributed by atoms with E-state index in [4.69, 9.17) is 4.74 Å². The van der Waals surface area contributed by atoms with Crippen molar-refractivity contribution < 1.29 is 14.3 Å². The topological polar surface area (TPSA) is 70.7 Å². The van der Waals surface area contributed by atoms with E-state index < -0.39 is 0 Å². The Morgan fingerprint density at radius 3 is 2.52 bits per heavy atom. The number of carbonyl (C=O) groups excluding carboxylic acids is 2. The molecule has 6 nitrogen and oxygen atoms in total. The molecule has 0 aromatic rings. The van der Waals surface area contributed by atoms with Crippen LogP contribution in [0.25, 0.3) is 0 Å². The zero-order valence-corrected chi connectivity index (χ0v) is 14.5. The van der Waals surface area contributed by atoms with Gasteiger partial charge in [-0.05, 0) is 32.1 Å². The first-order valence-electron chi connectivity index (χ1n) is 9.03. The average molecular weight is 325 g/mol. The van der Waals surface area contributed by atoms with Crippen LogP contribution in [0.3, 0.4) is 0 Å². The Morgan fingerprint density at radius 1 is 1.13 bits per heavy atom. The van der Waals surface area contributed by atoms with Gasteiger partial charge in [0.2, 0.25) is 5.91 Å². The van der Waals surface area contributed by atoms with Gasteiger partial charge in [-0.1, -0.05) is 19.8 Å². The van der Waals surface area contributed by atoms with Gasteiger partial charge in [0, 0.05) is 32.6 Å². The SMILES string of the molecule is CC[C@@H]1CN(C(=O)NCCNC(=O)CC2CCCC2)C[C@@H](C)O1. The van der Waals surface area contributed by atoms with Crippen molar-refractivity contribution in [2.75, 3.05) is 26.2 Å². The summed E-state index contributed by atoms with van der Waals surface area (Å²) < 4.78 is 5.76. The van der Waals surface area contributed by atoms with Gasteiger partial charge in [0.25, 0.3) is 0 Å². The van der Waals surface area contributed by atoms with Gasteiger partial charge < -0.3 is 20.3 Å². The molecular weight excluding hydrogens is 294 g/mol. The molecule has 23 heavy (non-hydrogen) atoms. The highest BCUT2D eigenvalue weighted by Gasteiger charge is 2.27. The van der Waals surface area contributed by atoms with Gasteiger partial charge in [-0.3, -0.25) is 4.79 Å². The maximum atomic E-state index is 12.2. The molecule has 1 saturated carbocycles. The van der Waals surface area contributed by atoms with E-state index in [-0.39, 0.29) is 24.1 Å². The summed E-state index contributed by atoms with van der Waals surface area (Å²) >= 11 is 0. The summed E-state index contributed by atoms with van der Waals surface area (Å²) in [6.07, 6.45) is 6.60. The number of nitrogens with zero attached hydrogens (tertiary/aromatic N) is 1. The predicted octanol–water partition coefficient (Wildman–Crippen LogP) is 1.89. The van der Waals surface area contributed by atoms with E-state index >= 15 is 0 Å². The third-order valence-corrected chi connectivity index (χ3v) is 4.74. The lowest BCUT2D eigenvalue weighted by atomic mass is 10.0. The minimum Gasteiger partial charge on any atom is -0.372 e. The maximum Gasteiger partial charge on any atom is 0.317 e. The lowest BCUT2D eigenvalue weighted by Crippen LogP contribution is -2.53. The fourth-order valence-electron chi connectivity index (χ4n) is 3.47. The van der Waals surface area contributed by atoms with Gasteiger partial charge in [-0.15, -0.1) is 0 Å². The molecule has 1 heterocycles. The number of ether oxygens (including phenoxy) is 1. The molecule has 1 aliphatic heterocycles. The zero-order valence-electron chi connectivity index (χ0n) is 14.5. The summed E-state index contributed by atoms with van der Waals surface area (Å²) in [5.74, 6) is 0.669. The average Bonchev–Trinajstić information content (AvgIpc) is 3.03.